The highest BCUT2D eigenvalue weighted by Gasteiger charge is 2.52. The Hall–Kier alpha value is -3.63. The Morgan fingerprint density at radius 1 is 0.882 bits per heavy atom. The molecule has 278 valence electrons. The molecule has 3 amide bonds. The topological polar surface area (TPSA) is 118 Å². The second kappa shape index (κ2) is 15.5. The first-order valence-corrected chi connectivity index (χ1v) is 18.3. The number of benzene rings is 2. The van der Waals surface area contributed by atoms with E-state index >= 15 is 0 Å². The molecule has 2 aliphatic rings. The molecule has 0 saturated carbocycles. The van der Waals surface area contributed by atoms with Crippen molar-refractivity contribution in [1.82, 2.24) is 15.1 Å². The van der Waals surface area contributed by atoms with Crippen LogP contribution in [-0.2, 0) is 19.1 Å². The van der Waals surface area contributed by atoms with E-state index in [0.717, 1.165) is 12.0 Å². The molecule has 1 saturated heterocycles. The predicted octanol–water partition coefficient (Wildman–Crippen LogP) is 8.38. The van der Waals surface area contributed by atoms with Gasteiger partial charge >= 0.3 is 12.1 Å². The van der Waals surface area contributed by atoms with Gasteiger partial charge in [0.1, 0.15) is 22.6 Å². The molecule has 12 heteroatoms. The zero-order valence-corrected chi connectivity index (χ0v) is 32.8. The van der Waals surface area contributed by atoms with Crippen LogP contribution in [0.25, 0.3) is 0 Å². The van der Waals surface area contributed by atoms with Crippen LogP contribution in [0.3, 0.4) is 0 Å². The number of aliphatic imine (C=N–C) groups is 1. The Bertz CT molecular complexity index is 1630. The van der Waals surface area contributed by atoms with E-state index in [4.69, 9.17) is 37.7 Å². The standard InChI is InChI=1S/C39H52Cl2N4O6/c1-36(2,3)16-14-30(25-10-12-26(13-11-25)33(47)42-19-15-31(46)50-37(4,5)6)45-34(48)32(27-22-28(40)24-29(41)23-27)43-39(45)17-20-44(21-18-39)35(49)51-38(7,8)9/h10-13,22-24,30H,14-21H2,1-9H3,(H,42,47)/t30-/m1/s1. The zero-order valence-electron chi connectivity index (χ0n) is 31.3. The number of carbonyl (C=O) groups excluding carboxylic acids is 4. The summed E-state index contributed by atoms with van der Waals surface area (Å²) in [5.41, 5.74) is -0.139. The molecule has 0 bridgehead atoms. The van der Waals surface area contributed by atoms with Crippen LogP contribution in [0, 0.1) is 5.41 Å². The van der Waals surface area contributed by atoms with E-state index in [0.29, 0.717) is 53.5 Å². The number of halogens is 2. The number of nitrogens with zero attached hydrogens (tertiary/aromatic N) is 3. The molecule has 2 aromatic carbocycles. The van der Waals surface area contributed by atoms with E-state index in [2.05, 4.69) is 26.1 Å². The summed E-state index contributed by atoms with van der Waals surface area (Å²) in [7, 11) is 0. The summed E-state index contributed by atoms with van der Waals surface area (Å²) in [6, 6.07) is 11.8. The molecule has 1 atom stereocenters. The van der Waals surface area contributed by atoms with E-state index in [-0.39, 0.29) is 41.9 Å². The van der Waals surface area contributed by atoms with Crippen molar-refractivity contribution in [3.63, 3.8) is 0 Å². The first-order chi connectivity index (χ1) is 23.6. The van der Waals surface area contributed by atoms with Gasteiger partial charge in [0, 0.05) is 53.6 Å². The number of piperidine rings is 1. The third-order valence-electron chi connectivity index (χ3n) is 8.61. The van der Waals surface area contributed by atoms with Crippen molar-refractivity contribution in [2.45, 2.75) is 117 Å². The van der Waals surface area contributed by atoms with Crippen LogP contribution in [0.15, 0.2) is 47.5 Å². The van der Waals surface area contributed by atoms with E-state index in [1.165, 1.54) is 0 Å². The van der Waals surface area contributed by atoms with E-state index in [9.17, 15) is 19.2 Å². The van der Waals surface area contributed by atoms with Gasteiger partial charge in [-0.2, -0.15) is 0 Å². The Kier molecular flexibility index (Phi) is 12.2. The summed E-state index contributed by atoms with van der Waals surface area (Å²) < 4.78 is 11.0. The van der Waals surface area contributed by atoms with Crippen LogP contribution in [0.5, 0.6) is 0 Å². The quantitative estimate of drug-likeness (QED) is 0.258. The lowest BCUT2D eigenvalue weighted by atomic mass is 9.84. The summed E-state index contributed by atoms with van der Waals surface area (Å²) in [6.07, 6.45) is 1.89. The van der Waals surface area contributed by atoms with Gasteiger partial charge in [0.15, 0.2) is 0 Å². The summed E-state index contributed by atoms with van der Waals surface area (Å²) in [5, 5.41) is 3.58. The van der Waals surface area contributed by atoms with Crippen molar-refractivity contribution in [2.24, 2.45) is 10.4 Å². The van der Waals surface area contributed by atoms with Gasteiger partial charge in [-0.3, -0.25) is 19.4 Å². The lowest BCUT2D eigenvalue weighted by Crippen LogP contribution is -2.56. The third kappa shape index (κ3) is 10.9. The lowest BCUT2D eigenvalue weighted by Gasteiger charge is -2.46. The number of esters is 1. The van der Waals surface area contributed by atoms with E-state index < -0.39 is 29.0 Å². The molecule has 1 spiro atoms. The second-order valence-electron chi connectivity index (χ2n) is 16.6. The molecule has 2 aliphatic heterocycles. The van der Waals surface area contributed by atoms with E-state index in [1.54, 1.807) is 56.0 Å². The Balaban J connectivity index is 1.66. The van der Waals surface area contributed by atoms with Gasteiger partial charge in [0.05, 0.1) is 12.5 Å². The van der Waals surface area contributed by atoms with Gasteiger partial charge < -0.3 is 24.6 Å². The average Bonchev–Trinajstić information content (AvgIpc) is 3.26. The number of hydrogen-bond acceptors (Lipinski definition) is 7. The smallest absolute Gasteiger partial charge is 0.410 e. The minimum absolute atomic E-state index is 0.0353. The normalized spacial score (nSPS) is 16.9. The Morgan fingerprint density at radius 2 is 1.45 bits per heavy atom. The maximum absolute atomic E-state index is 14.7. The molecule has 0 aromatic heterocycles. The monoisotopic (exact) mass is 742 g/mol. The Morgan fingerprint density at radius 3 is 1.98 bits per heavy atom. The molecule has 0 radical (unpaired) electrons. The SMILES string of the molecule is CC(C)(C)CC[C@H](c1ccc(C(=O)NCCC(=O)OC(C)(C)C)cc1)N1C(=O)C(c2cc(Cl)cc(Cl)c2)=NC12CCN(C(=O)OC(C)(C)C)CC2. The van der Waals surface area contributed by atoms with Gasteiger partial charge in [-0.1, -0.05) is 56.1 Å². The molecule has 10 nitrogen and oxygen atoms in total. The lowest BCUT2D eigenvalue weighted by molar-refractivity contribution is -0.154. The number of ether oxygens (including phenoxy) is 2. The molecule has 0 unspecified atom stereocenters. The first-order valence-electron chi connectivity index (χ1n) is 17.5. The highest BCUT2D eigenvalue weighted by atomic mass is 35.5. The molecule has 1 fully saturated rings. The summed E-state index contributed by atoms with van der Waals surface area (Å²) in [6.45, 7) is 18.2. The molecular formula is C39H52Cl2N4O6. The zero-order chi connectivity index (χ0) is 37.9. The molecule has 51 heavy (non-hydrogen) atoms. The fourth-order valence-electron chi connectivity index (χ4n) is 6.29. The van der Waals surface area contributed by atoms with Crippen molar-refractivity contribution >= 4 is 52.8 Å². The van der Waals surface area contributed by atoms with Crippen molar-refractivity contribution in [3.05, 3.63) is 69.2 Å². The first kappa shape index (κ1) is 40.1. The summed E-state index contributed by atoms with van der Waals surface area (Å²) >= 11 is 12.8. The highest BCUT2D eigenvalue weighted by Crippen LogP contribution is 2.45. The summed E-state index contributed by atoms with van der Waals surface area (Å²) in [4.78, 5) is 61.6. The number of nitrogens with one attached hydrogen (secondary N) is 1. The minimum atomic E-state index is -0.944. The van der Waals surface area contributed by atoms with Crippen LogP contribution in [0.1, 0.15) is 122 Å². The summed E-state index contributed by atoms with van der Waals surface area (Å²) in [5.74, 6) is -0.951. The number of amides is 3. The van der Waals surface area contributed by atoms with Crippen LogP contribution in [0.4, 0.5) is 4.79 Å². The van der Waals surface area contributed by atoms with Crippen LogP contribution in [-0.4, -0.2) is 75.9 Å². The van der Waals surface area contributed by atoms with Gasteiger partial charge in [0.2, 0.25) is 0 Å². The maximum Gasteiger partial charge on any atom is 0.410 e. The van der Waals surface area contributed by atoms with Crippen molar-refractivity contribution in [3.8, 4) is 0 Å². The minimum Gasteiger partial charge on any atom is -0.460 e. The second-order valence-corrected chi connectivity index (χ2v) is 17.4. The van der Waals surface area contributed by atoms with Gasteiger partial charge in [-0.15, -0.1) is 0 Å². The van der Waals surface area contributed by atoms with Crippen molar-refractivity contribution in [1.29, 1.82) is 0 Å². The van der Waals surface area contributed by atoms with Gasteiger partial charge in [0.25, 0.3) is 11.8 Å². The maximum atomic E-state index is 14.7. The predicted molar refractivity (Wildman–Crippen MR) is 200 cm³/mol. The largest absolute Gasteiger partial charge is 0.460 e. The molecular weight excluding hydrogens is 691 g/mol. The van der Waals surface area contributed by atoms with Gasteiger partial charge in [-0.25, -0.2) is 4.79 Å². The molecule has 2 heterocycles. The number of rotatable bonds is 9. The fourth-order valence-corrected chi connectivity index (χ4v) is 6.82. The van der Waals surface area contributed by atoms with Crippen LogP contribution in [0.2, 0.25) is 10.0 Å². The highest BCUT2D eigenvalue weighted by molar-refractivity contribution is 6.47. The molecule has 4 rings (SSSR count). The fraction of sp³-hybridized carbons (Fsp3) is 0.564. The van der Waals surface area contributed by atoms with Gasteiger partial charge in [-0.05, 0) is 95.7 Å². The van der Waals surface area contributed by atoms with Crippen molar-refractivity contribution in [2.75, 3.05) is 19.6 Å². The third-order valence-corrected chi connectivity index (χ3v) is 9.05. The average molecular weight is 744 g/mol. The Labute approximate surface area is 312 Å². The molecule has 2 aromatic rings. The van der Waals surface area contributed by atoms with Crippen molar-refractivity contribution < 1.29 is 28.7 Å². The number of hydrogen-bond donors (Lipinski definition) is 1. The van der Waals surface area contributed by atoms with Crippen LogP contribution < -0.4 is 5.32 Å². The van der Waals surface area contributed by atoms with E-state index in [1.807, 2.05) is 37.8 Å². The molecule has 0 aliphatic carbocycles. The molecule has 1 N–H and O–H groups in total. The van der Waals surface area contributed by atoms with Crippen LogP contribution >= 0.6 is 23.2 Å². The number of likely N-dealkylation sites (tertiary alicyclic amines) is 1. The number of carbonyl (C=O) groups is 4.